The Morgan fingerprint density at radius 2 is 1.84 bits per heavy atom. The van der Waals surface area contributed by atoms with Gasteiger partial charge in [-0.05, 0) is 22.6 Å². The predicted octanol–water partition coefficient (Wildman–Crippen LogP) is 3.67. The molecule has 1 aromatic heterocycles. The molecule has 3 nitrogen and oxygen atoms in total. The van der Waals surface area contributed by atoms with Crippen LogP contribution in [-0.4, -0.2) is 11.3 Å². The van der Waals surface area contributed by atoms with Crippen molar-refractivity contribution in [2.24, 2.45) is 0 Å². The minimum atomic E-state index is -5.16. The Bertz CT molecular complexity index is 519. The van der Waals surface area contributed by atoms with Crippen molar-refractivity contribution in [3.05, 3.63) is 21.0 Å². The van der Waals surface area contributed by atoms with Crippen LogP contribution in [0.4, 0.5) is 26.3 Å². The largest absolute Gasteiger partial charge is 0.573 e. The molecular weight excluding hydrogens is 393 g/mol. The first-order valence-corrected chi connectivity index (χ1v) is 5.52. The Labute approximate surface area is 116 Å². The van der Waals surface area contributed by atoms with Crippen LogP contribution >= 0.6 is 22.6 Å². The highest BCUT2D eigenvalue weighted by atomic mass is 127. The third-order valence-electron chi connectivity index (χ3n) is 1.80. The molecule has 0 unspecified atom stereocenters. The smallest absolute Gasteiger partial charge is 0.405 e. The van der Waals surface area contributed by atoms with E-state index in [1.165, 1.54) is 28.7 Å². The Hall–Kier alpha value is -1.25. The molecule has 0 spiro atoms. The Kier molecular flexibility index (Phi) is 4.49. The van der Waals surface area contributed by atoms with Gasteiger partial charge in [-0.15, -0.1) is 13.2 Å². The standard InChI is InChI=1S/C9H3F6IN2O/c10-8(11,12)7-4(1-2-17)5(3-6(16)18-7)19-9(13,14)15/h3H,1H2. The number of ether oxygens (including phenoxy) is 1. The fraction of sp³-hybridized carbons (Fsp3) is 0.333. The van der Waals surface area contributed by atoms with E-state index in [0.717, 1.165) is 0 Å². The molecule has 0 fully saturated rings. The molecular formula is C9H3F6IN2O. The molecule has 0 aliphatic carbocycles. The van der Waals surface area contributed by atoms with E-state index in [0.29, 0.717) is 6.07 Å². The van der Waals surface area contributed by atoms with Crippen LogP contribution in [0.5, 0.6) is 5.75 Å². The number of nitrogens with zero attached hydrogens (tertiary/aromatic N) is 2. The summed E-state index contributed by atoms with van der Waals surface area (Å²) in [6, 6.07) is 2.04. The van der Waals surface area contributed by atoms with Gasteiger partial charge in [0, 0.05) is 11.6 Å². The fourth-order valence-corrected chi connectivity index (χ4v) is 1.74. The topological polar surface area (TPSA) is 45.9 Å². The van der Waals surface area contributed by atoms with Crippen LogP contribution in [0, 0.1) is 15.0 Å². The molecule has 19 heavy (non-hydrogen) atoms. The van der Waals surface area contributed by atoms with Crippen molar-refractivity contribution in [3.8, 4) is 11.8 Å². The number of aromatic nitrogens is 1. The van der Waals surface area contributed by atoms with Gasteiger partial charge in [0.25, 0.3) is 0 Å². The molecule has 0 saturated carbocycles. The summed E-state index contributed by atoms with van der Waals surface area (Å²) in [5.41, 5.74) is -2.49. The lowest BCUT2D eigenvalue weighted by Crippen LogP contribution is -2.21. The number of halogens is 7. The summed E-state index contributed by atoms with van der Waals surface area (Å²) >= 11 is 1.33. The molecule has 0 N–H and O–H groups in total. The summed E-state index contributed by atoms with van der Waals surface area (Å²) in [6.45, 7) is 0. The van der Waals surface area contributed by atoms with Gasteiger partial charge in [0.05, 0.1) is 12.5 Å². The molecule has 10 heteroatoms. The first-order chi connectivity index (χ1) is 8.54. The second-order valence-corrected chi connectivity index (χ2v) is 4.26. The van der Waals surface area contributed by atoms with Gasteiger partial charge < -0.3 is 4.74 Å². The number of pyridine rings is 1. The van der Waals surface area contributed by atoms with Crippen molar-refractivity contribution in [1.82, 2.24) is 4.98 Å². The van der Waals surface area contributed by atoms with Gasteiger partial charge in [0.15, 0.2) is 5.69 Å². The van der Waals surface area contributed by atoms with Crippen molar-refractivity contribution in [2.45, 2.75) is 19.0 Å². The van der Waals surface area contributed by atoms with E-state index in [1.807, 2.05) is 0 Å². The second-order valence-electron chi connectivity index (χ2n) is 3.15. The minimum Gasteiger partial charge on any atom is -0.405 e. The van der Waals surface area contributed by atoms with Gasteiger partial charge in [0.1, 0.15) is 9.45 Å². The van der Waals surface area contributed by atoms with E-state index in [-0.39, 0.29) is 3.70 Å². The fourth-order valence-electron chi connectivity index (χ4n) is 1.22. The third-order valence-corrected chi connectivity index (χ3v) is 2.35. The Morgan fingerprint density at radius 3 is 2.26 bits per heavy atom. The monoisotopic (exact) mass is 396 g/mol. The SMILES string of the molecule is N#CCc1c(OC(F)(F)F)cc(I)nc1C(F)(F)F. The molecule has 104 valence electrons. The normalized spacial score (nSPS) is 12.1. The molecule has 0 aromatic carbocycles. The average Bonchev–Trinajstić information content (AvgIpc) is 2.17. The zero-order valence-electron chi connectivity index (χ0n) is 8.73. The van der Waals surface area contributed by atoms with E-state index in [4.69, 9.17) is 5.26 Å². The van der Waals surface area contributed by atoms with Crippen molar-refractivity contribution in [2.75, 3.05) is 0 Å². The molecule has 0 saturated heterocycles. The summed E-state index contributed by atoms with van der Waals surface area (Å²) in [6.07, 6.45) is -11.0. The lowest BCUT2D eigenvalue weighted by molar-refractivity contribution is -0.275. The number of hydrogen-bond acceptors (Lipinski definition) is 3. The maximum Gasteiger partial charge on any atom is 0.573 e. The van der Waals surface area contributed by atoms with E-state index >= 15 is 0 Å². The van der Waals surface area contributed by atoms with Crippen LogP contribution in [0.15, 0.2) is 6.07 Å². The van der Waals surface area contributed by atoms with Crippen molar-refractivity contribution in [3.63, 3.8) is 0 Å². The predicted molar refractivity (Wildman–Crippen MR) is 58.0 cm³/mol. The molecule has 1 rings (SSSR count). The third kappa shape index (κ3) is 4.41. The van der Waals surface area contributed by atoms with Gasteiger partial charge in [-0.25, -0.2) is 4.98 Å². The first-order valence-electron chi connectivity index (χ1n) is 4.44. The second kappa shape index (κ2) is 5.40. The van der Waals surface area contributed by atoms with Crippen molar-refractivity contribution < 1.29 is 31.1 Å². The molecule has 0 radical (unpaired) electrons. The summed E-state index contributed by atoms with van der Waals surface area (Å²) in [5.74, 6) is -1.07. The highest BCUT2D eigenvalue weighted by molar-refractivity contribution is 14.1. The first kappa shape index (κ1) is 15.8. The highest BCUT2D eigenvalue weighted by Crippen LogP contribution is 2.37. The van der Waals surface area contributed by atoms with E-state index in [9.17, 15) is 26.3 Å². The van der Waals surface area contributed by atoms with Crippen molar-refractivity contribution in [1.29, 1.82) is 5.26 Å². The minimum absolute atomic E-state index is 0.328. The van der Waals surface area contributed by atoms with Gasteiger partial charge in [-0.1, -0.05) is 0 Å². The van der Waals surface area contributed by atoms with Gasteiger partial charge in [0.2, 0.25) is 0 Å². The van der Waals surface area contributed by atoms with Gasteiger partial charge >= 0.3 is 12.5 Å². The van der Waals surface area contributed by atoms with Crippen LogP contribution in [0.1, 0.15) is 11.3 Å². The maximum absolute atomic E-state index is 12.7. The van der Waals surface area contributed by atoms with Crippen LogP contribution in [-0.2, 0) is 12.6 Å². The molecule has 1 heterocycles. The molecule has 0 aliphatic heterocycles. The molecule has 0 amide bonds. The van der Waals surface area contributed by atoms with E-state index in [2.05, 4.69) is 9.72 Å². The maximum atomic E-state index is 12.7. The Balaban J connectivity index is 3.45. The van der Waals surface area contributed by atoms with Crippen molar-refractivity contribution >= 4 is 22.6 Å². The quantitative estimate of drug-likeness (QED) is 0.436. The molecule has 0 bridgehead atoms. The highest BCUT2D eigenvalue weighted by Gasteiger charge is 2.39. The molecule has 0 atom stereocenters. The Morgan fingerprint density at radius 1 is 1.26 bits per heavy atom. The number of rotatable bonds is 2. The zero-order valence-corrected chi connectivity index (χ0v) is 10.9. The number of alkyl halides is 6. The van der Waals surface area contributed by atoms with Crippen LogP contribution in [0.3, 0.4) is 0 Å². The summed E-state index contributed by atoms with van der Waals surface area (Å²) in [5, 5.41) is 8.42. The van der Waals surface area contributed by atoms with Gasteiger partial charge in [-0.2, -0.15) is 18.4 Å². The van der Waals surface area contributed by atoms with Gasteiger partial charge in [-0.3, -0.25) is 0 Å². The van der Waals surface area contributed by atoms with E-state index < -0.39 is 36.0 Å². The number of hydrogen-bond donors (Lipinski definition) is 0. The van der Waals surface area contributed by atoms with Crippen LogP contribution in [0.2, 0.25) is 0 Å². The zero-order chi connectivity index (χ0) is 14.8. The lowest BCUT2D eigenvalue weighted by atomic mass is 10.1. The molecule has 0 aliphatic rings. The summed E-state index contributed by atoms with van der Waals surface area (Å²) in [4.78, 5) is 3.12. The average molecular weight is 396 g/mol. The van der Waals surface area contributed by atoms with Crippen LogP contribution < -0.4 is 4.74 Å². The van der Waals surface area contributed by atoms with E-state index in [1.54, 1.807) is 0 Å². The lowest BCUT2D eigenvalue weighted by Gasteiger charge is -2.16. The molecule has 1 aromatic rings. The summed E-state index contributed by atoms with van der Waals surface area (Å²) in [7, 11) is 0. The number of nitriles is 1. The van der Waals surface area contributed by atoms with Crippen LogP contribution in [0.25, 0.3) is 0 Å². The summed E-state index contributed by atoms with van der Waals surface area (Å²) < 4.78 is 77.5.